The van der Waals surface area contributed by atoms with Gasteiger partial charge in [-0.1, -0.05) is 18.2 Å². The second-order valence-corrected chi connectivity index (χ2v) is 5.19. The van der Waals surface area contributed by atoms with Gasteiger partial charge in [0.1, 0.15) is 12.2 Å². The molecular weight excluding hydrogens is 294 g/mol. The lowest BCUT2D eigenvalue weighted by molar-refractivity contribution is -0.122. The summed E-state index contributed by atoms with van der Waals surface area (Å²) in [5, 5.41) is 18.9. The Morgan fingerprint density at radius 1 is 1.48 bits per heavy atom. The molecule has 2 aromatic heterocycles. The molecule has 0 saturated carbocycles. The van der Waals surface area contributed by atoms with Crippen LogP contribution in [0, 0.1) is 0 Å². The Morgan fingerprint density at radius 2 is 2.29 bits per heavy atom. The van der Waals surface area contributed by atoms with Gasteiger partial charge in [0.2, 0.25) is 0 Å². The lowest BCUT2D eigenvalue weighted by atomic mass is 10.2. The molecule has 8 nitrogen and oxygen atoms in total. The first-order valence-electron chi connectivity index (χ1n) is 6.31. The van der Waals surface area contributed by atoms with Gasteiger partial charge in [0.15, 0.2) is 0 Å². The van der Waals surface area contributed by atoms with Crippen molar-refractivity contribution < 1.29 is 14.7 Å². The van der Waals surface area contributed by atoms with E-state index >= 15 is 0 Å². The molecule has 1 unspecified atom stereocenters. The number of aliphatic hydroxyl groups excluding tert-OH is 1. The van der Waals surface area contributed by atoms with E-state index in [0.717, 1.165) is 0 Å². The molecule has 21 heavy (non-hydrogen) atoms. The Balaban J connectivity index is 1.82. The van der Waals surface area contributed by atoms with E-state index in [1.54, 1.807) is 17.5 Å². The number of rotatable bonds is 5. The monoisotopic (exact) mass is 309 g/mol. The average Bonchev–Trinajstić information content (AvgIpc) is 3.15. The first-order valence-corrected chi connectivity index (χ1v) is 7.19. The number of hydrogen-bond acceptors (Lipinski definition) is 6. The van der Waals surface area contributed by atoms with E-state index < -0.39 is 12.0 Å². The SMILES string of the molecule is CCC(O)c1cn(CC(=O)NNC(=O)c2cccs2)nn1. The van der Waals surface area contributed by atoms with Crippen molar-refractivity contribution in [2.24, 2.45) is 0 Å². The highest BCUT2D eigenvalue weighted by Crippen LogP contribution is 2.11. The molecule has 9 heteroatoms. The van der Waals surface area contributed by atoms with Crippen LogP contribution in [0.25, 0.3) is 0 Å². The molecule has 2 aromatic rings. The standard InChI is InChI=1S/C12H15N5O3S/c1-2-9(18)8-6-17(16-13-8)7-11(19)14-15-12(20)10-4-3-5-21-10/h3-6,9,18H,2,7H2,1H3,(H,14,19)(H,15,20). The van der Waals surface area contributed by atoms with Crippen LogP contribution >= 0.6 is 11.3 Å². The van der Waals surface area contributed by atoms with E-state index in [9.17, 15) is 14.7 Å². The Labute approximate surface area is 124 Å². The number of nitrogens with one attached hydrogen (secondary N) is 2. The topological polar surface area (TPSA) is 109 Å². The van der Waals surface area contributed by atoms with E-state index in [1.807, 2.05) is 6.92 Å². The van der Waals surface area contributed by atoms with Crippen LogP contribution in [-0.2, 0) is 11.3 Å². The molecule has 112 valence electrons. The van der Waals surface area contributed by atoms with Gasteiger partial charge in [0.25, 0.3) is 11.8 Å². The maximum Gasteiger partial charge on any atom is 0.279 e. The maximum absolute atomic E-state index is 11.7. The number of aliphatic hydroxyl groups is 1. The third kappa shape index (κ3) is 4.10. The Bertz CT molecular complexity index is 610. The number of carbonyl (C=O) groups is 2. The summed E-state index contributed by atoms with van der Waals surface area (Å²) in [6, 6.07) is 3.40. The number of hydrazine groups is 1. The molecule has 2 amide bonds. The third-order valence-corrected chi connectivity index (χ3v) is 3.52. The molecule has 0 aliphatic rings. The van der Waals surface area contributed by atoms with Crippen molar-refractivity contribution in [1.82, 2.24) is 25.8 Å². The molecule has 2 heterocycles. The summed E-state index contributed by atoms with van der Waals surface area (Å²) in [6.07, 6.45) is 1.32. The van der Waals surface area contributed by atoms with Gasteiger partial charge in [-0.3, -0.25) is 20.4 Å². The highest BCUT2D eigenvalue weighted by atomic mass is 32.1. The fourth-order valence-electron chi connectivity index (χ4n) is 1.53. The van der Waals surface area contributed by atoms with E-state index in [4.69, 9.17) is 0 Å². The van der Waals surface area contributed by atoms with Crippen molar-refractivity contribution in [3.8, 4) is 0 Å². The predicted octanol–water partition coefficient (Wildman–Crippen LogP) is 0.244. The van der Waals surface area contributed by atoms with Crippen molar-refractivity contribution >= 4 is 23.2 Å². The van der Waals surface area contributed by atoms with Crippen molar-refractivity contribution in [2.45, 2.75) is 26.0 Å². The maximum atomic E-state index is 11.7. The van der Waals surface area contributed by atoms with Gasteiger partial charge >= 0.3 is 0 Å². The van der Waals surface area contributed by atoms with Gasteiger partial charge in [-0.05, 0) is 17.9 Å². The lowest BCUT2D eigenvalue weighted by Crippen LogP contribution is -2.43. The Hall–Kier alpha value is -2.26. The summed E-state index contributed by atoms with van der Waals surface area (Å²) in [7, 11) is 0. The minimum atomic E-state index is -0.694. The zero-order valence-electron chi connectivity index (χ0n) is 11.3. The summed E-state index contributed by atoms with van der Waals surface area (Å²) in [5.74, 6) is -0.818. The third-order valence-electron chi connectivity index (χ3n) is 2.65. The molecule has 0 bridgehead atoms. The highest BCUT2D eigenvalue weighted by Gasteiger charge is 2.12. The van der Waals surface area contributed by atoms with E-state index in [1.165, 1.54) is 22.2 Å². The van der Waals surface area contributed by atoms with Gasteiger partial charge in [-0.25, -0.2) is 4.68 Å². The molecule has 0 saturated heterocycles. The predicted molar refractivity (Wildman–Crippen MR) is 75.2 cm³/mol. The average molecular weight is 309 g/mol. The fourth-order valence-corrected chi connectivity index (χ4v) is 2.15. The van der Waals surface area contributed by atoms with Gasteiger partial charge in [0, 0.05) is 0 Å². The quantitative estimate of drug-likeness (QED) is 0.686. The Kier molecular flexibility index (Phi) is 5.01. The molecule has 0 aliphatic carbocycles. The van der Waals surface area contributed by atoms with Crippen LogP contribution in [0.15, 0.2) is 23.7 Å². The van der Waals surface area contributed by atoms with Crippen molar-refractivity contribution in [2.75, 3.05) is 0 Å². The summed E-state index contributed by atoms with van der Waals surface area (Å²) in [6.45, 7) is 1.71. The first kappa shape index (κ1) is 15.1. The zero-order chi connectivity index (χ0) is 15.2. The van der Waals surface area contributed by atoms with Gasteiger partial charge < -0.3 is 5.11 Å². The molecule has 0 spiro atoms. The van der Waals surface area contributed by atoms with Crippen LogP contribution in [0.4, 0.5) is 0 Å². The van der Waals surface area contributed by atoms with E-state index in [-0.39, 0.29) is 12.5 Å². The molecule has 0 aliphatic heterocycles. The lowest BCUT2D eigenvalue weighted by Gasteiger charge is -2.05. The van der Waals surface area contributed by atoms with Crippen LogP contribution in [-0.4, -0.2) is 31.9 Å². The van der Waals surface area contributed by atoms with Crippen molar-refractivity contribution in [1.29, 1.82) is 0 Å². The van der Waals surface area contributed by atoms with Gasteiger partial charge in [-0.15, -0.1) is 16.4 Å². The molecule has 0 radical (unpaired) electrons. The summed E-state index contributed by atoms with van der Waals surface area (Å²) >= 11 is 1.28. The second kappa shape index (κ2) is 6.95. The summed E-state index contributed by atoms with van der Waals surface area (Å²) < 4.78 is 1.29. The molecule has 2 rings (SSSR count). The number of carbonyl (C=O) groups excluding carboxylic acids is 2. The van der Waals surface area contributed by atoms with Gasteiger partial charge in [0.05, 0.1) is 17.2 Å². The molecule has 1 atom stereocenters. The zero-order valence-corrected chi connectivity index (χ0v) is 12.1. The minimum absolute atomic E-state index is 0.103. The summed E-state index contributed by atoms with van der Waals surface area (Å²) in [4.78, 5) is 23.8. The number of thiophene rings is 1. The normalized spacial score (nSPS) is 11.9. The fraction of sp³-hybridized carbons (Fsp3) is 0.333. The van der Waals surface area contributed by atoms with Gasteiger partial charge in [-0.2, -0.15) is 0 Å². The Morgan fingerprint density at radius 3 is 2.95 bits per heavy atom. The van der Waals surface area contributed by atoms with E-state index in [2.05, 4.69) is 21.2 Å². The summed E-state index contributed by atoms with van der Waals surface area (Å²) in [5.41, 5.74) is 5.01. The number of aromatic nitrogens is 3. The number of amides is 2. The van der Waals surface area contributed by atoms with Crippen molar-refractivity contribution in [3.05, 3.63) is 34.3 Å². The first-order chi connectivity index (χ1) is 10.1. The van der Waals surface area contributed by atoms with Crippen LogP contribution < -0.4 is 10.9 Å². The number of nitrogens with zero attached hydrogens (tertiary/aromatic N) is 3. The minimum Gasteiger partial charge on any atom is -0.387 e. The smallest absolute Gasteiger partial charge is 0.279 e. The van der Waals surface area contributed by atoms with Crippen LogP contribution in [0.5, 0.6) is 0 Å². The van der Waals surface area contributed by atoms with Crippen LogP contribution in [0.1, 0.15) is 34.8 Å². The van der Waals surface area contributed by atoms with Crippen LogP contribution in [0.2, 0.25) is 0 Å². The number of hydrogen-bond donors (Lipinski definition) is 3. The molecular formula is C12H15N5O3S. The molecule has 0 aromatic carbocycles. The molecule has 3 N–H and O–H groups in total. The molecule has 0 fully saturated rings. The van der Waals surface area contributed by atoms with Crippen molar-refractivity contribution in [3.63, 3.8) is 0 Å². The van der Waals surface area contributed by atoms with Crippen LogP contribution in [0.3, 0.4) is 0 Å². The van der Waals surface area contributed by atoms with E-state index in [0.29, 0.717) is 17.0 Å². The highest BCUT2D eigenvalue weighted by molar-refractivity contribution is 7.12. The largest absolute Gasteiger partial charge is 0.387 e. The second-order valence-electron chi connectivity index (χ2n) is 4.24.